The van der Waals surface area contributed by atoms with Crippen LogP contribution in [0.5, 0.6) is 0 Å². The summed E-state index contributed by atoms with van der Waals surface area (Å²) in [6.07, 6.45) is 11.5. The van der Waals surface area contributed by atoms with E-state index in [1.54, 1.807) is 17.0 Å². The Bertz CT molecular complexity index is 1050. The van der Waals surface area contributed by atoms with Crippen LogP contribution < -0.4 is 4.90 Å². The molecule has 1 fully saturated rings. The molecule has 10 heteroatoms. The van der Waals surface area contributed by atoms with Crippen LogP contribution in [-0.4, -0.2) is 69.0 Å². The Morgan fingerprint density at radius 3 is 2.67 bits per heavy atom. The molecule has 0 aliphatic carbocycles. The van der Waals surface area contributed by atoms with Crippen molar-refractivity contribution in [3.63, 3.8) is 0 Å². The molecule has 9 nitrogen and oxygen atoms in total. The van der Waals surface area contributed by atoms with Gasteiger partial charge in [0.1, 0.15) is 11.5 Å². The second-order valence-electron chi connectivity index (χ2n) is 7.88. The number of amides is 2. The van der Waals surface area contributed by atoms with Crippen molar-refractivity contribution in [2.24, 2.45) is 0 Å². The van der Waals surface area contributed by atoms with E-state index in [1.807, 2.05) is 0 Å². The number of hydrogen-bond donors (Lipinski definition) is 0. The summed E-state index contributed by atoms with van der Waals surface area (Å²) in [5.41, 5.74) is 0.405. The summed E-state index contributed by atoms with van der Waals surface area (Å²) in [5, 5.41) is 0.426. The fourth-order valence-electron chi connectivity index (χ4n) is 4.04. The Balaban J connectivity index is 1.47. The van der Waals surface area contributed by atoms with Crippen molar-refractivity contribution in [2.75, 3.05) is 31.1 Å². The Morgan fingerprint density at radius 1 is 1.24 bits per heavy atom. The van der Waals surface area contributed by atoms with Crippen LogP contribution in [0.3, 0.4) is 0 Å². The highest BCUT2D eigenvalue weighted by Crippen LogP contribution is 2.36. The molecule has 33 heavy (non-hydrogen) atoms. The maximum atomic E-state index is 13.0. The van der Waals surface area contributed by atoms with Gasteiger partial charge in [0.05, 0.1) is 11.1 Å². The first-order valence-corrected chi connectivity index (χ1v) is 11.3. The molecule has 4 heterocycles. The number of fused-ring (bicyclic) bond motifs is 1. The first-order valence-electron chi connectivity index (χ1n) is 10.9. The maximum Gasteiger partial charge on any atom is 0.412 e. The number of hydrogen-bond acceptors (Lipinski definition) is 7. The average Bonchev–Trinajstić information content (AvgIpc) is 3.12. The van der Waals surface area contributed by atoms with Gasteiger partial charge in [0.2, 0.25) is 6.23 Å². The van der Waals surface area contributed by atoms with E-state index in [-0.39, 0.29) is 17.4 Å². The number of unbranched alkanes of at least 4 members (excludes halogenated alkanes) is 1. The summed E-state index contributed by atoms with van der Waals surface area (Å²) >= 11 is 5.94. The number of aromatic nitrogens is 3. The second-order valence-corrected chi connectivity index (χ2v) is 8.32. The maximum absolute atomic E-state index is 13.0. The molecule has 2 amide bonds. The lowest BCUT2D eigenvalue weighted by Crippen LogP contribution is -2.52. The van der Waals surface area contributed by atoms with E-state index < -0.39 is 18.2 Å². The van der Waals surface area contributed by atoms with Gasteiger partial charge in [0.15, 0.2) is 5.69 Å². The minimum Gasteiger partial charge on any atom is -0.419 e. The number of nitrogens with zero attached hydrogens (tertiary/aromatic N) is 6. The normalized spacial score (nSPS) is 19.2. The number of pyridine rings is 1. The van der Waals surface area contributed by atoms with Gasteiger partial charge in [0, 0.05) is 44.8 Å². The Kier molecular flexibility index (Phi) is 7.06. The lowest BCUT2D eigenvalue weighted by atomic mass is 10.1. The van der Waals surface area contributed by atoms with Crippen LogP contribution >= 0.6 is 11.6 Å². The largest absolute Gasteiger partial charge is 0.419 e. The van der Waals surface area contributed by atoms with Crippen molar-refractivity contribution < 1.29 is 14.3 Å². The summed E-state index contributed by atoms with van der Waals surface area (Å²) in [6, 6.07) is 3.27. The molecule has 0 radical (unpaired) electrons. The molecule has 0 bridgehead atoms. The summed E-state index contributed by atoms with van der Waals surface area (Å²) in [7, 11) is 0. The van der Waals surface area contributed by atoms with E-state index in [0.717, 1.165) is 19.3 Å². The van der Waals surface area contributed by atoms with Crippen molar-refractivity contribution in [1.82, 2.24) is 24.8 Å². The zero-order valence-electron chi connectivity index (χ0n) is 18.4. The van der Waals surface area contributed by atoms with Crippen LogP contribution in [0.4, 0.5) is 10.6 Å². The molecule has 0 spiro atoms. The lowest BCUT2D eigenvalue weighted by Gasteiger charge is -2.37. The molecule has 2 aliphatic heterocycles. The predicted molar refractivity (Wildman–Crippen MR) is 123 cm³/mol. The third-order valence-corrected chi connectivity index (χ3v) is 6.05. The van der Waals surface area contributed by atoms with E-state index in [9.17, 15) is 9.59 Å². The van der Waals surface area contributed by atoms with Gasteiger partial charge >= 0.3 is 6.09 Å². The molecule has 4 rings (SSSR count). The minimum absolute atomic E-state index is 0.0733. The highest BCUT2D eigenvalue weighted by molar-refractivity contribution is 6.30. The summed E-state index contributed by atoms with van der Waals surface area (Å²) < 4.78 is 5.79. The van der Waals surface area contributed by atoms with E-state index in [0.29, 0.717) is 37.0 Å². The lowest BCUT2D eigenvalue weighted by molar-refractivity contribution is 0.0410. The Hall–Kier alpha value is -3.22. The minimum atomic E-state index is -1.07. The zero-order valence-corrected chi connectivity index (χ0v) is 19.1. The van der Waals surface area contributed by atoms with Crippen LogP contribution in [0.15, 0.2) is 30.7 Å². The second kappa shape index (κ2) is 10.1. The SMILES string of the molecule is C#CC(CCCC)N1CCN(C(=O)O[C@H]2c3nccnc3C(=O)N2c2ccc(Cl)cn2)CC1. The van der Waals surface area contributed by atoms with Crippen molar-refractivity contribution in [3.05, 3.63) is 47.1 Å². The Morgan fingerprint density at radius 2 is 2.00 bits per heavy atom. The fourth-order valence-corrected chi connectivity index (χ4v) is 4.15. The van der Waals surface area contributed by atoms with E-state index in [4.69, 9.17) is 22.8 Å². The van der Waals surface area contributed by atoms with Crippen LogP contribution in [0.2, 0.25) is 5.02 Å². The van der Waals surface area contributed by atoms with Gasteiger partial charge < -0.3 is 9.64 Å². The number of halogens is 1. The van der Waals surface area contributed by atoms with Gasteiger partial charge in [-0.05, 0) is 18.6 Å². The first kappa shape index (κ1) is 23.0. The number of piperazine rings is 1. The molecule has 2 atom stereocenters. The Labute approximate surface area is 197 Å². The van der Waals surface area contributed by atoms with Gasteiger partial charge in [0.25, 0.3) is 5.91 Å². The van der Waals surface area contributed by atoms with E-state index in [2.05, 4.69) is 32.7 Å². The van der Waals surface area contributed by atoms with Gasteiger partial charge in [-0.15, -0.1) is 6.42 Å². The molecule has 2 aromatic rings. The number of carbonyl (C=O) groups is 2. The van der Waals surface area contributed by atoms with Crippen molar-refractivity contribution in [2.45, 2.75) is 38.5 Å². The molecule has 0 N–H and O–H groups in total. The number of anilines is 1. The standard InChI is InChI=1S/C23H25ClN6O3/c1-3-5-6-17(4-2)28-11-13-29(14-12-28)23(32)33-22-20-19(25-9-10-26-20)21(31)30(22)18-8-7-16(24)15-27-18/h2,7-10,15,17,22H,3,5-6,11-14H2,1H3/t17?,22-/m0/s1. The quantitative estimate of drug-likeness (QED) is 0.601. The molecular formula is C23H25ClN6O3. The predicted octanol–water partition coefficient (Wildman–Crippen LogP) is 3.13. The fraction of sp³-hybridized carbons (Fsp3) is 0.435. The number of terminal acetylenes is 1. The summed E-state index contributed by atoms with van der Waals surface area (Å²) in [6.45, 7) is 4.43. The monoisotopic (exact) mass is 468 g/mol. The van der Waals surface area contributed by atoms with Gasteiger partial charge in [-0.2, -0.15) is 0 Å². The first-order chi connectivity index (χ1) is 16.0. The molecule has 1 saturated heterocycles. The third kappa shape index (κ3) is 4.77. The highest BCUT2D eigenvalue weighted by atomic mass is 35.5. The molecule has 0 saturated carbocycles. The smallest absolute Gasteiger partial charge is 0.412 e. The van der Waals surface area contributed by atoms with Crippen LogP contribution in [0.1, 0.15) is 48.6 Å². The van der Waals surface area contributed by atoms with Crippen molar-refractivity contribution >= 4 is 29.4 Å². The summed E-state index contributed by atoms with van der Waals surface area (Å²) in [4.78, 5) is 43.8. The van der Waals surface area contributed by atoms with Crippen molar-refractivity contribution in [3.8, 4) is 12.3 Å². The van der Waals surface area contributed by atoms with Gasteiger partial charge in [-0.25, -0.2) is 19.7 Å². The van der Waals surface area contributed by atoms with Crippen molar-refractivity contribution in [1.29, 1.82) is 0 Å². The summed E-state index contributed by atoms with van der Waals surface area (Å²) in [5.74, 6) is 2.72. The molecule has 2 aromatic heterocycles. The number of rotatable bonds is 6. The molecule has 172 valence electrons. The van der Waals surface area contributed by atoms with Crippen LogP contribution in [-0.2, 0) is 4.74 Å². The van der Waals surface area contributed by atoms with Crippen LogP contribution in [0.25, 0.3) is 0 Å². The molecule has 1 unspecified atom stereocenters. The zero-order chi connectivity index (χ0) is 23.4. The van der Waals surface area contributed by atoms with Crippen LogP contribution in [0, 0.1) is 12.3 Å². The van der Waals surface area contributed by atoms with E-state index in [1.165, 1.54) is 23.5 Å². The topological polar surface area (TPSA) is 91.8 Å². The third-order valence-electron chi connectivity index (χ3n) is 5.82. The molecule has 2 aliphatic rings. The average molecular weight is 469 g/mol. The number of ether oxygens (including phenoxy) is 1. The number of carbonyl (C=O) groups excluding carboxylic acids is 2. The molecular weight excluding hydrogens is 444 g/mol. The highest BCUT2D eigenvalue weighted by Gasteiger charge is 2.44. The van der Waals surface area contributed by atoms with Gasteiger partial charge in [-0.3, -0.25) is 14.7 Å². The van der Waals surface area contributed by atoms with E-state index >= 15 is 0 Å². The van der Waals surface area contributed by atoms with Gasteiger partial charge in [-0.1, -0.05) is 37.3 Å². The molecule has 0 aromatic carbocycles.